The van der Waals surface area contributed by atoms with Crippen LogP contribution in [-0.2, 0) is 19.1 Å². The Hall–Kier alpha value is -1.62. The van der Waals surface area contributed by atoms with Crippen molar-refractivity contribution in [1.82, 2.24) is 0 Å². The average molecular weight is 306 g/mol. The predicted molar refractivity (Wildman–Crippen MR) is 78.7 cm³/mol. The maximum absolute atomic E-state index is 12.0. The highest BCUT2D eigenvalue weighted by Gasteiger charge is 2.58. The first-order valence-electron chi connectivity index (χ1n) is 7.68. The number of aliphatic hydroxyl groups is 1. The zero-order chi connectivity index (χ0) is 16.2. The Bertz CT molecular complexity index is 574. The number of carbonyl (C=O) groups is 2. The van der Waals surface area contributed by atoms with Gasteiger partial charge in [-0.15, -0.1) is 0 Å². The van der Waals surface area contributed by atoms with Crippen molar-refractivity contribution >= 4 is 11.9 Å². The predicted octanol–water partition coefficient (Wildman–Crippen LogP) is 1.75. The number of fused-ring (bicyclic) bond motifs is 3. The molecule has 120 valence electrons. The molecule has 2 aliphatic carbocycles. The van der Waals surface area contributed by atoms with Crippen LogP contribution in [0.15, 0.2) is 23.8 Å². The molecule has 0 radical (unpaired) electrons. The van der Waals surface area contributed by atoms with Crippen LogP contribution in [0.1, 0.15) is 33.6 Å². The first-order chi connectivity index (χ1) is 10.2. The van der Waals surface area contributed by atoms with Gasteiger partial charge in [-0.25, -0.2) is 4.79 Å². The molecule has 2 fully saturated rings. The number of esters is 2. The standard InChI is InChI=1S/C17H22O5/c1-8-5-6-11-13(8)15-14(9(2)16(19)22-15)12(21-10(3)18)7-17(11,4)20/h5,11-15,20H,2,6-7H2,1,3-4H3/t11?,12-,13?,14?,15+,17+/m0/s1. The van der Waals surface area contributed by atoms with Crippen molar-refractivity contribution in [3.63, 3.8) is 0 Å². The number of rotatable bonds is 1. The van der Waals surface area contributed by atoms with Gasteiger partial charge in [0.25, 0.3) is 0 Å². The lowest BCUT2D eigenvalue weighted by Gasteiger charge is -2.34. The molecule has 3 aliphatic rings. The summed E-state index contributed by atoms with van der Waals surface area (Å²) < 4.78 is 11.0. The Kier molecular flexibility index (Phi) is 3.44. The molecular weight excluding hydrogens is 284 g/mol. The molecule has 1 heterocycles. The Balaban J connectivity index is 2.05. The van der Waals surface area contributed by atoms with Crippen LogP contribution >= 0.6 is 0 Å². The molecule has 1 N–H and O–H groups in total. The summed E-state index contributed by atoms with van der Waals surface area (Å²) in [7, 11) is 0. The van der Waals surface area contributed by atoms with Gasteiger partial charge in [0.2, 0.25) is 0 Å². The highest BCUT2D eigenvalue weighted by atomic mass is 16.6. The molecule has 0 bridgehead atoms. The zero-order valence-electron chi connectivity index (χ0n) is 13.2. The second-order valence-electron chi connectivity index (χ2n) is 6.95. The summed E-state index contributed by atoms with van der Waals surface area (Å²) in [5.74, 6) is -1.33. The van der Waals surface area contributed by atoms with Crippen LogP contribution in [-0.4, -0.2) is 34.9 Å². The van der Waals surface area contributed by atoms with Crippen LogP contribution in [0.3, 0.4) is 0 Å². The van der Waals surface area contributed by atoms with Crippen molar-refractivity contribution in [2.75, 3.05) is 0 Å². The van der Waals surface area contributed by atoms with Crippen LogP contribution in [0.25, 0.3) is 0 Å². The fourth-order valence-electron chi connectivity index (χ4n) is 4.40. The van der Waals surface area contributed by atoms with Crippen molar-refractivity contribution in [2.24, 2.45) is 17.8 Å². The van der Waals surface area contributed by atoms with E-state index in [0.717, 1.165) is 12.0 Å². The molecule has 3 rings (SSSR count). The Morgan fingerprint density at radius 3 is 2.82 bits per heavy atom. The van der Waals surface area contributed by atoms with E-state index in [1.54, 1.807) is 6.92 Å². The third kappa shape index (κ3) is 2.19. The molecule has 1 aliphatic heterocycles. The maximum atomic E-state index is 12.0. The molecular formula is C17H22O5. The first kappa shape index (κ1) is 15.3. The summed E-state index contributed by atoms with van der Waals surface area (Å²) >= 11 is 0. The van der Waals surface area contributed by atoms with E-state index in [-0.39, 0.29) is 24.2 Å². The lowest BCUT2D eigenvalue weighted by atomic mass is 9.76. The fraction of sp³-hybridized carbons (Fsp3) is 0.647. The van der Waals surface area contributed by atoms with E-state index in [9.17, 15) is 14.7 Å². The lowest BCUT2D eigenvalue weighted by Crippen LogP contribution is -2.40. The van der Waals surface area contributed by atoms with Crippen LogP contribution < -0.4 is 0 Å². The van der Waals surface area contributed by atoms with E-state index in [2.05, 4.69) is 12.7 Å². The highest BCUT2D eigenvalue weighted by molar-refractivity contribution is 5.91. The van der Waals surface area contributed by atoms with Gasteiger partial charge in [-0.1, -0.05) is 18.2 Å². The molecule has 0 aromatic carbocycles. The molecule has 1 saturated heterocycles. The number of hydrogen-bond acceptors (Lipinski definition) is 5. The largest absolute Gasteiger partial charge is 0.462 e. The maximum Gasteiger partial charge on any atom is 0.334 e. The van der Waals surface area contributed by atoms with Crippen molar-refractivity contribution in [2.45, 2.75) is 51.4 Å². The van der Waals surface area contributed by atoms with Gasteiger partial charge in [-0.3, -0.25) is 4.79 Å². The normalized spacial score (nSPS) is 43.8. The van der Waals surface area contributed by atoms with Gasteiger partial charge in [-0.2, -0.15) is 0 Å². The molecule has 0 amide bonds. The molecule has 1 saturated carbocycles. The van der Waals surface area contributed by atoms with E-state index in [0.29, 0.717) is 5.57 Å². The third-order valence-electron chi connectivity index (χ3n) is 5.40. The average Bonchev–Trinajstić information content (AvgIpc) is 2.87. The summed E-state index contributed by atoms with van der Waals surface area (Å²) in [6.07, 6.45) is 2.12. The Labute approximate surface area is 130 Å². The van der Waals surface area contributed by atoms with E-state index in [1.165, 1.54) is 6.92 Å². The minimum Gasteiger partial charge on any atom is -0.462 e. The van der Waals surface area contributed by atoms with E-state index < -0.39 is 29.7 Å². The van der Waals surface area contributed by atoms with Gasteiger partial charge >= 0.3 is 11.9 Å². The Morgan fingerprint density at radius 1 is 1.50 bits per heavy atom. The van der Waals surface area contributed by atoms with E-state index in [4.69, 9.17) is 9.47 Å². The van der Waals surface area contributed by atoms with Crippen molar-refractivity contribution in [3.8, 4) is 0 Å². The zero-order valence-corrected chi connectivity index (χ0v) is 13.2. The number of ether oxygens (including phenoxy) is 2. The molecule has 0 aromatic rings. The molecule has 22 heavy (non-hydrogen) atoms. The SMILES string of the molecule is C=C1C(=O)O[C@@H]2C3C(C)=CCC3[C@](C)(O)C[C@H](OC(C)=O)C12. The molecule has 3 unspecified atom stereocenters. The minimum absolute atomic E-state index is 0.0424. The minimum atomic E-state index is -0.990. The molecule has 5 nitrogen and oxygen atoms in total. The quantitative estimate of drug-likeness (QED) is 0.454. The lowest BCUT2D eigenvalue weighted by molar-refractivity contribution is -0.152. The second kappa shape index (κ2) is 4.95. The van der Waals surface area contributed by atoms with Crippen LogP contribution in [0.5, 0.6) is 0 Å². The molecule has 0 spiro atoms. The molecule has 0 aromatic heterocycles. The fourth-order valence-corrected chi connectivity index (χ4v) is 4.40. The van der Waals surface area contributed by atoms with Gasteiger partial charge in [-0.05, 0) is 20.3 Å². The van der Waals surface area contributed by atoms with Crippen molar-refractivity contribution in [1.29, 1.82) is 0 Å². The highest BCUT2D eigenvalue weighted by Crippen LogP contribution is 2.52. The summed E-state index contributed by atoms with van der Waals surface area (Å²) in [5.41, 5.74) is 0.467. The number of allylic oxidation sites excluding steroid dienone is 1. The van der Waals surface area contributed by atoms with Crippen molar-refractivity contribution < 1.29 is 24.2 Å². The second-order valence-corrected chi connectivity index (χ2v) is 6.95. The van der Waals surface area contributed by atoms with Crippen molar-refractivity contribution in [3.05, 3.63) is 23.8 Å². The van der Waals surface area contributed by atoms with Crippen LogP contribution in [0.4, 0.5) is 0 Å². The van der Waals surface area contributed by atoms with Gasteiger partial charge in [0.1, 0.15) is 12.2 Å². The topological polar surface area (TPSA) is 72.8 Å². The smallest absolute Gasteiger partial charge is 0.334 e. The van der Waals surface area contributed by atoms with Gasteiger partial charge in [0, 0.05) is 30.8 Å². The van der Waals surface area contributed by atoms with E-state index >= 15 is 0 Å². The summed E-state index contributed by atoms with van der Waals surface area (Å²) in [4.78, 5) is 23.4. The van der Waals surface area contributed by atoms with Gasteiger partial charge in [0.05, 0.1) is 11.5 Å². The van der Waals surface area contributed by atoms with Gasteiger partial charge in [0.15, 0.2) is 0 Å². The monoisotopic (exact) mass is 306 g/mol. The van der Waals surface area contributed by atoms with Gasteiger partial charge < -0.3 is 14.6 Å². The summed E-state index contributed by atoms with van der Waals surface area (Å²) in [6.45, 7) is 8.95. The summed E-state index contributed by atoms with van der Waals surface area (Å²) in [6, 6.07) is 0. The van der Waals surface area contributed by atoms with Crippen LogP contribution in [0, 0.1) is 17.8 Å². The first-order valence-corrected chi connectivity index (χ1v) is 7.68. The number of hydrogen-bond donors (Lipinski definition) is 1. The van der Waals surface area contributed by atoms with Crippen LogP contribution in [0.2, 0.25) is 0 Å². The number of carbonyl (C=O) groups excluding carboxylic acids is 2. The summed E-state index contributed by atoms with van der Waals surface area (Å²) in [5, 5.41) is 10.9. The third-order valence-corrected chi connectivity index (χ3v) is 5.40. The molecule has 5 heteroatoms. The Morgan fingerprint density at radius 2 is 2.18 bits per heavy atom. The molecule has 6 atom stereocenters. The van der Waals surface area contributed by atoms with E-state index in [1.807, 2.05) is 6.92 Å².